The molecule has 0 spiro atoms. The Morgan fingerprint density at radius 1 is 0.436 bits per heavy atom. The molecule has 0 heterocycles. The fourth-order valence-electron chi connectivity index (χ4n) is 4.14. The smallest absolute Gasteiger partial charge is 0.395 e. The third-order valence-electron chi connectivity index (χ3n) is 7.55. The lowest BCUT2D eigenvalue weighted by atomic mass is 9.70. The SMILES string of the molecule is C=CC.C=CC.C=CC.CCCCCCCCCCC(O)(C=CC(F)(F)C(F)(F)C(F)(F)C(F)(F)C(F)(F)C(F)(F)C(F)(F)C(F)(F)F)C(CO)(CO)CO. The van der Waals surface area contributed by atoms with Crippen molar-refractivity contribution in [1.82, 2.24) is 0 Å². The van der Waals surface area contributed by atoms with E-state index in [0.717, 1.165) is 25.7 Å². The average Bonchev–Trinajstić information content (AvgIpc) is 3.06. The first-order chi connectivity index (χ1) is 24.7. The Balaban J connectivity index is -0.00000130. The van der Waals surface area contributed by atoms with Crippen LogP contribution in [0.3, 0.4) is 0 Å². The van der Waals surface area contributed by atoms with Gasteiger partial charge in [-0.3, -0.25) is 0 Å². The van der Waals surface area contributed by atoms with Gasteiger partial charge < -0.3 is 20.4 Å². The molecule has 0 aromatic carbocycles. The molecule has 0 rings (SSSR count). The first-order valence-electron chi connectivity index (χ1n) is 16.4. The summed E-state index contributed by atoms with van der Waals surface area (Å²) < 4.78 is 230. The summed E-state index contributed by atoms with van der Waals surface area (Å²) in [6.07, 6.45) is -1.52. The van der Waals surface area contributed by atoms with Gasteiger partial charge in [-0.2, -0.15) is 74.6 Å². The summed E-state index contributed by atoms with van der Waals surface area (Å²) >= 11 is 0. The van der Waals surface area contributed by atoms with E-state index in [1.165, 1.54) is 0 Å². The maximum atomic E-state index is 14.4. The van der Waals surface area contributed by atoms with Crippen molar-refractivity contribution in [1.29, 1.82) is 0 Å². The standard InChI is InChI=1S/C25H33F17O4.3C3H6/c1-2-3-4-5-6-7-8-9-10-17(46,16(13-43,14-44)15-45)11-12-18(26,27)19(28,29)20(30,31)21(32,33)22(34,35)23(36,37)24(38,39)25(40,41)42;3*1-3-2/h11-12,43-46H,2-10,13-15H2,1H3;3*3H,1H2,2H3. The Morgan fingerprint density at radius 3 is 1.00 bits per heavy atom. The predicted octanol–water partition coefficient (Wildman–Crippen LogP) is 11.4. The van der Waals surface area contributed by atoms with E-state index in [1.807, 2.05) is 27.7 Å². The van der Waals surface area contributed by atoms with Gasteiger partial charge in [0.15, 0.2) is 0 Å². The van der Waals surface area contributed by atoms with Crippen molar-refractivity contribution in [2.75, 3.05) is 19.8 Å². The predicted molar refractivity (Wildman–Crippen MR) is 173 cm³/mol. The zero-order valence-corrected chi connectivity index (χ0v) is 30.7. The number of aliphatic hydroxyl groups excluding tert-OH is 3. The Bertz CT molecular complexity index is 1100. The van der Waals surface area contributed by atoms with E-state index >= 15 is 0 Å². The van der Waals surface area contributed by atoms with Gasteiger partial charge in [0.2, 0.25) is 0 Å². The van der Waals surface area contributed by atoms with Crippen LogP contribution in [0, 0.1) is 5.41 Å². The molecule has 55 heavy (non-hydrogen) atoms. The van der Waals surface area contributed by atoms with Crippen LogP contribution in [-0.4, -0.2) is 93.5 Å². The van der Waals surface area contributed by atoms with E-state index < -0.39 is 97.0 Å². The van der Waals surface area contributed by atoms with Gasteiger partial charge in [0, 0.05) is 0 Å². The lowest BCUT2D eigenvalue weighted by molar-refractivity contribution is -0.459. The minimum absolute atomic E-state index is 0.128. The minimum atomic E-state index is -8.77. The lowest BCUT2D eigenvalue weighted by Crippen LogP contribution is -2.74. The summed E-state index contributed by atoms with van der Waals surface area (Å²) in [7, 11) is 0. The van der Waals surface area contributed by atoms with Crippen molar-refractivity contribution in [3.63, 3.8) is 0 Å². The van der Waals surface area contributed by atoms with E-state index in [2.05, 4.69) is 19.7 Å². The Labute approximate surface area is 309 Å². The number of alkyl halides is 17. The quantitative estimate of drug-likeness (QED) is 0.0527. The number of aliphatic hydroxyl groups is 4. The van der Waals surface area contributed by atoms with E-state index in [9.17, 15) is 95.1 Å². The molecular weight excluding hydrogens is 795 g/mol. The van der Waals surface area contributed by atoms with Crippen LogP contribution < -0.4 is 0 Å². The Kier molecular flexibility index (Phi) is 25.6. The van der Waals surface area contributed by atoms with Crippen molar-refractivity contribution in [3.05, 3.63) is 50.1 Å². The molecule has 1 unspecified atom stereocenters. The van der Waals surface area contributed by atoms with Crippen LogP contribution in [0.1, 0.15) is 85.5 Å². The van der Waals surface area contributed by atoms with Crippen LogP contribution in [-0.2, 0) is 0 Å². The molecule has 0 aliphatic rings. The van der Waals surface area contributed by atoms with Crippen LogP contribution in [0.5, 0.6) is 0 Å². The van der Waals surface area contributed by atoms with E-state index in [1.54, 1.807) is 18.2 Å². The number of hydrogen-bond acceptors (Lipinski definition) is 4. The summed E-state index contributed by atoms with van der Waals surface area (Å²) in [6, 6.07) is 0. The highest BCUT2D eigenvalue weighted by molar-refractivity contribution is 5.21. The monoisotopic (exact) mass is 846 g/mol. The molecule has 0 amide bonds. The molecule has 0 aliphatic carbocycles. The second-order valence-electron chi connectivity index (χ2n) is 12.0. The molecule has 4 nitrogen and oxygen atoms in total. The summed E-state index contributed by atoms with van der Waals surface area (Å²) in [5.74, 6) is -57.9. The van der Waals surface area contributed by atoms with E-state index in [-0.39, 0.29) is 12.8 Å². The molecule has 21 heteroatoms. The Hall–Kier alpha value is -2.39. The fraction of sp³-hybridized carbons (Fsp3) is 0.765. The number of rotatable bonds is 21. The number of halogens is 17. The van der Waals surface area contributed by atoms with Crippen LogP contribution in [0.25, 0.3) is 0 Å². The second-order valence-corrected chi connectivity index (χ2v) is 12.0. The third-order valence-corrected chi connectivity index (χ3v) is 7.55. The molecule has 0 radical (unpaired) electrons. The largest absolute Gasteiger partial charge is 0.460 e. The van der Waals surface area contributed by atoms with Crippen molar-refractivity contribution in [2.45, 2.75) is 139 Å². The minimum Gasteiger partial charge on any atom is -0.395 e. The van der Waals surface area contributed by atoms with Crippen LogP contribution in [0.15, 0.2) is 50.1 Å². The second kappa shape index (κ2) is 23.7. The third kappa shape index (κ3) is 13.6. The molecule has 330 valence electrons. The molecular formula is C34H51F17O4. The lowest BCUT2D eigenvalue weighted by Gasteiger charge is -2.44. The van der Waals surface area contributed by atoms with Crippen LogP contribution >= 0.6 is 0 Å². The van der Waals surface area contributed by atoms with Gasteiger partial charge >= 0.3 is 47.6 Å². The molecule has 0 saturated carbocycles. The number of unbranched alkanes of at least 4 members (excludes halogenated alkanes) is 7. The van der Waals surface area contributed by atoms with Gasteiger partial charge in [-0.25, -0.2) is 0 Å². The van der Waals surface area contributed by atoms with Gasteiger partial charge in [-0.1, -0.05) is 82.6 Å². The maximum Gasteiger partial charge on any atom is 0.460 e. The molecule has 1 atom stereocenters. The van der Waals surface area contributed by atoms with E-state index in [0.29, 0.717) is 12.8 Å². The molecule has 4 N–H and O–H groups in total. The molecule has 0 saturated heterocycles. The molecule has 0 fully saturated rings. The van der Waals surface area contributed by atoms with Gasteiger partial charge in [-0.15, -0.1) is 19.7 Å². The topological polar surface area (TPSA) is 80.9 Å². The van der Waals surface area contributed by atoms with Gasteiger partial charge in [0.25, 0.3) is 0 Å². The molecule has 0 aromatic heterocycles. The summed E-state index contributed by atoms with van der Waals surface area (Å²) in [5, 5.41) is 39.7. The van der Waals surface area contributed by atoms with Gasteiger partial charge in [0.1, 0.15) is 0 Å². The van der Waals surface area contributed by atoms with Crippen LogP contribution in [0.4, 0.5) is 74.6 Å². The zero-order chi connectivity index (χ0) is 45.0. The van der Waals surface area contributed by atoms with Gasteiger partial charge in [-0.05, 0) is 33.3 Å². The average molecular weight is 847 g/mol. The van der Waals surface area contributed by atoms with Crippen molar-refractivity contribution in [3.8, 4) is 0 Å². The highest BCUT2D eigenvalue weighted by atomic mass is 19.4. The first kappa shape index (κ1) is 59.3. The fourth-order valence-corrected chi connectivity index (χ4v) is 4.14. The van der Waals surface area contributed by atoms with Crippen molar-refractivity contribution in [2.24, 2.45) is 5.41 Å². The van der Waals surface area contributed by atoms with E-state index in [4.69, 9.17) is 0 Å². The normalized spacial score (nSPS) is 14.7. The highest BCUT2D eigenvalue weighted by Gasteiger charge is 2.95. The van der Waals surface area contributed by atoms with Crippen molar-refractivity contribution >= 4 is 0 Å². The van der Waals surface area contributed by atoms with Gasteiger partial charge in [0.05, 0.1) is 30.8 Å². The first-order valence-corrected chi connectivity index (χ1v) is 16.4. The summed E-state index contributed by atoms with van der Waals surface area (Å²) in [5.41, 5.74) is -6.03. The van der Waals surface area contributed by atoms with Crippen LogP contribution in [0.2, 0.25) is 0 Å². The van der Waals surface area contributed by atoms with Crippen molar-refractivity contribution < 1.29 is 95.1 Å². The molecule has 0 aliphatic heterocycles. The summed E-state index contributed by atoms with van der Waals surface area (Å²) in [4.78, 5) is 0. The Morgan fingerprint density at radius 2 is 0.709 bits per heavy atom. The highest BCUT2D eigenvalue weighted by Crippen LogP contribution is 2.64. The molecule has 0 aromatic rings. The number of allylic oxidation sites excluding steroid dienone is 4. The maximum absolute atomic E-state index is 14.4. The summed E-state index contributed by atoms with van der Waals surface area (Å²) in [6.45, 7) is 13.1. The zero-order valence-electron chi connectivity index (χ0n) is 30.7. The number of hydrogen-bond donors (Lipinski definition) is 4. The molecule has 0 bridgehead atoms.